The Morgan fingerprint density at radius 3 is 2.30 bits per heavy atom. The van der Waals surface area contributed by atoms with Crippen molar-refractivity contribution < 1.29 is 14.4 Å². The molecular weight excluding hydrogens is 364 g/mol. The van der Waals surface area contributed by atoms with Crippen molar-refractivity contribution in [2.75, 3.05) is 6.54 Å². The Bertz CT molecular complexity index is 796. The Morgan fingerprint density at radius 2 is 1.67 bits per heavy atom. The van der Waals surface area contributed by atoms with Gasteiger partial charge in [-0.25, -0.2) is 0 Å². The topological polar surface area (TPSA) is 90.5 Å². The van der Waals surface area contributed by atoms with Gasteiger partial charge in [-0.1, -0.05) is 42.5 Å². The highest BCUT2D eigenvalue weighted by Gasteiger charge is 2.59. The fourth-order valence-corrected chi connectivity index (χ4v) is 4.38. The van der Waals surface area contributed by atoms with E-state index in [0.29, 0.717) is 6.54 Å². The second-order valence-electron chi connectivity index (χ2n) is 7.10. The molecule has 3 aliphatic rings. The van der Waals surface area contributed by atoms with E-state index in [1.807, 2.05) is 42.5 Å². The first-order valence-electron chi connectivity index (χ1n) is 8.95. The Labute approximate surface area is 162 Å². The molecule has 1 saturated heterocycles. The lowest BCUT2D eigenvalue weighted by atomic mass is 9.85. The molecule has 1 aromatic carbocycles. The number of hydrogen-bond acceptors (Lipinski definition) is 4. The van der Waals surface area contributed by atoms with Crippen molar-refractivity contribution in [2.45, 2.75) is 13.0 Å². The number of hydrazine groups is 1. The number of carbonyl (C=O) groups excluding carboxylic acids is 3. The van der Waals surface area contributed by atoms with Gasteiger partial charge < -0.3 is 5.32 Å². The van der Waals surface area contributed by atoms with Crippen LogP contribution < -0.4 is 16.2 Å². The second kappa shape index (κ2) is 7.11. The lowest BCUT2D eigenvalue weighted by Gasteiger charge is -2.17. The number of rotatable bonds is 4. The summed E-state index contributed by atoms with van der Waals surface area (Å²) >= 11 is 5.11. The van der Waals surface area contributed by atoms with Crippen LogP contribution in [0.15, 0.2) is 42.5 Å². The molecule has 2 fully saturated rings. The molecule has 3 amide bonds. The summed E-state index contributed by atoms with van der Waals surface area (Å²) in [5, 5.41) is 3.22. The minimum absolute atomic E-state index is 0.136. The van der Waals surface area contributed by atoms with E-state index in [0.717, 1.165) is 16.9 Å². The maximum atomic E-state index is 12.6. The number of carbonyl (C=O) groups is 3. The summed E-state index contributed by atoms with van der Waals surface area (Å²) in [7, 11) is 0. The van der Waals surface area contributed by atoms with Crippen LogP contribution in [0.2, 0.25) is 0 Å². The molecule has 8 heteroatoms. The minimum atomic E-state index is -0.485. The van der Waals surface area contributed by atoms with E-state index in [9.17, 15) is 14.4 Å². The van der Waals surface area contributed by atoms with Gasteiger partial charge in [0.25, 0.3) is 5.91 Å². The normalized spacial score (nSPS) is 27.6. The number of likely N-dealkylation sites (tertiary alicyclic amines) is 1. The molecule has 27 heavy (non-hydrogen) atoms. The van der Waals surface area contributed by atoms with Gasteiger partial charge in [0.2, 0.25) is 11.8 Å². The average Bonchev–Trinajstić information content (AvgIpc) is 3.35. The number of fused-ring (bicyclic) bond motifs is 5. The molecular formula is C19H20N4O3S. The number of nitrogens with zero attached hydrogens (tertiary/aromatic N) is 1. The molecule has 0 unspecified atom stereocenters. The Balaban J connectivity index is 1.25. The van der Waals surface area contributed by atoms with Crippen LogP contribution in [0.1, 0.15) is 12.0 Å². The Morgan fingerprint density at radius 1 is 1.04 bits per heavy atom. The SMILES string of the molecule is O=C(CN1C(=O)[C@@H]2[C@H](C1=O)[C@@H]1C=C[C@H]2C1)NNC(=S)NCc1ccccc1. The predicted octanol–water partition coefficient (Wildman–Crippen LogP) is 0.489. The van der Waals surface area contributed by atoms with Crippen molar-refractivity contribution in [3.63, 3.8) is 0 Å². The van der Waals surface area contributed by atoms with Gasteiger partial charge in [0.15, 0.2) is 5.11 Å². The summed E-state index contributed by atoms with van der Waals surface area (Å²) in [6.45, 7) is 0.225. The van der Waals surface area contributed by atoms with E-state index in [2.05, 4.69) is 16.2 Å². The molecule has 4 atom stereocenters. The molecule has 0 aromatic heterocycles. The van der Waals surface area contributed by atoms with Gasteiger partial charge in [0.1, 0.15) is 6.54 Å². The third kappa shape index (κ3) is 3.32. The van der Waals surface area contributed by atoms with E-state index < -0.39 is 5.91 Å². The van der Waals surface area contributed by atoms with Gasteiger partial charge in [-0.05, 0) is 36.0 Å². The number of hydrogen-bond donors (Lipinski definition) is 3. The van der Waals surface area contributed by atoms with Crippen molar-refractivity contribution in [3.05, 3.63) is 48.0 Å². The first kappa shape index (κ1) is 17.7. The Kier molecular flexibility index (Phi) is 4.65. The molecule has 2 aliphatic carbocycles. The number of amides is 3. The molecule has 140 valence electrons. The quantitative estimate of drug-likeness (QED) is 0.303. The number of imide groups is 1. The fourth-order valence-electron chi connectivity index (χ4n) is 4.25. The average molecular weight is 384 g/mol. The predicted molar refractivity (Wildman–Crippen MR) is 102 cm³/mol. The third-order valence-electron chi connectivity index (χ3n) is 5.47. The maximum Gasteiger partial charge on any atom is 0.258 e. The maximum absolute atomic E-state index is 12.6. The Hall–Kier alpha value is -2.74. The fraction of sp³-hybridized carbons (Fsp3) is 0.368. The van der Waals surface area contributed by atoms with Gasteiger partial charge in [0.05, 0.1) is 11.8 Å². The van der Waals surface area contributed by atoms with E-state index in [1.54, 1.807) is 0 Å². The van der Waals surface area contributed by atoms with Crippen molar-refractivity contribution >= 4 is 35.1 Å². The highest BCUT2D eigenvalue weighted by Crippen LogP contribution is 2.52. The molecule has 7 nitrogen and oxygen atoms in total. The van der Waals surface area contributed by atoms with Crippen molar-refractivity contribution in [3.8, 4) is 0 Å². The van der Waals surface area contributed by atoms with E-state index >= 15 is 0 Å². The second-order valence-corrected chi connectivity index (χ2v) is 7.51. The van der Waals surface area contributed by atoms with Gasteiger partial charge in [-0.2, -0.15) is 0 Å². The molecule has 1 aromatic rings. The zero-order valence-electron chi connectivity index (χ0n) is 14.6. The van der Waals surface area contributed by atoms with Gasteiger partial charge in [-0.15, -0.1) is 0 Å². The number of benzene rings is 1. The first-order chi connectivity index (χ1) is 13.0. The molecule has 0 radical (unpaired) electrons. The van der Waals surface area contributed by atoms with Gasteiger partial charge in [-0.3, -0.25) is 30.1 Å². The molecule has 0 spiro atoms. The van der Waals surface area contributed by atoms with E-state index in [-0.39, 0.29) is 47.1 Å². The summed E-state index contributed by atoms with van der Waals surface area (Å²) in [6, 6.07) is 9.69. The summed E-state index contributed by atoms with van der Waals surface area (Å²) in [6.07, 6.45) is 4.92. The largest absolute Gasteiger partial charge is 0.357 e. The van der Waals surface area contributed by atoms with Crippen molar-refractivity contribution in [1.82, 2.24) is 21.1 Å². The van der Waals surface area contributed by atoms with Gasteiger partial charge in [0, 0.05) is 6.54 Å². The number of allylic oxidation sites excluding steroid dienone is 2. The highest BCUT2D eigenvalue weighted by molar-refractivity contribution is 7.80. The van der Waals surface area contributed by atoms with Crippen LogP contribution in [0.4, 0.5) is 0 Å². The van der Waals surface area contributed by atoms with Crippen LogP contribution in [0.3, 0.4) is 0 Å². The van der Waals surface area contributed by atoms with Crippen LogP contribution in [0, 0.1) is 23.7 Å². The lowest BCUT2D eigenvalue weighted by Crippen LogP contribution is -2.50. The zero-order chi connectivity index (χ0) is 19.0. The molecule has 3 N–H and O–H groups in total. The monoisotopic (exact) mass is 384 g/mol. The summed E-state index contributed by atoms with van der Waals surface area (Å²) < 4.78 is 0. The third-order valence-corrected chi connectivity index (χ3v) is 5.72. The van der Waals surface area contributed by atoms with Gasteiger partial charge >= 0.3 is 0 Å². The van der Waals surface area contributed by atoms with Crippen LogP contribution >= 0.6 is 12.2 Å². The van der Waals surface area contributed by atoms with Crippen LogP contribution in [0.25, 0.3) is 0 Å². The standard InChI is InChI=1S/C19H20N4O3S/c24-14(21-22-19(27)20-9-11-4-2-1-3-5-11)10-23-17(25)15-12-6-7-13(8-12)16(15)18(23)26/h1-7,12-13,15-16H,8-10H2,(H,21,24)(H2,20,22,27)/t12-,13+,15-,16+. The zero-order valence-corrected chi connectivity index (χ0v) is 15.4. The number of nitrogens with one attached hydrogen (secondary N) is 3. The summed E-state index contributed by atoms with van der Waals surface area (Å²) in [5.74, 6) is -1.26. The molecule has 1 saturated carbocycles. The molecule has 4 rings (SSSR count). The minimum Gasteiger partial charge on any atom is -0.357 e. The lowest BCUT2D eigenvalue weighted by molar-refractivity contribution is -0.144. The van der Waals surface area contributed by atoms with E-state index in [4.69, 9.17) is 12.2 Å². The molecule has 1 heterocycles. The van der Waals surface area contributed by atoms with Crippen molar-refractivity contribution in [1.29, 1.82) is 0 Å². The van der Waals surface area contributed by atoms with Crippen LogP contribution in [-0.2, 0) is 20.9 Å². The van der Waals surface area contributed by atoms with Crippen LogP contribution in [0.5, 0.6) is 0 Å². The van der Waals surface area contributed by atoms with Crippen molar-refractivity contribution in [2.24, 2.45) is 23.7 Å². The highest BCUT2D eigenvalue weighted by atomic mass is 32.1. The summed E-state index contributed by atoms with van der Waals surface area (Å²) in [5.41, 5.74) is 6.08. The molecule has 1 aliphatic heterocycles. The first-order valence-corrected chi connectivity index (χ1v) is 9.35. The van der Waals surface area contributed by atoms with E-state index in [1.165, 1.54) is 0 Å². The number of thiocarbonyl (C=S) groups is 1. The summed E-state index contributed by atoms with van der Waals surface area (Å²) in [4.78, 5) is 38.3. The van der Waals surface area contributed by atoms with Crippen LogP contribution in [-0.4, -0.2) is 34.3 Å². The smallest absolute Gasteiger partial charge is 0.258 e. The molecule has 2 bridgehead atoms.